The van der Waals surface area contributed by atoms with E-state index in [0.717, 1.165) is 56.0 Å². The van der Waals surface area contributed by atoms with Crippen LogP contribution in [0.5, 0.6) is 0 Å². The van der Waals surface area contributed by atoms with Gasteiger partial charge >= 0.3 is 5.69 Å². The highest BCUT2D eigenvalue weighted by atomic mass is 32.1. The van der Waals surface area contributed by atoms with Gasteiger partial charge in [-0.25, -0.2) is 9.78 Å². The van der Waals surface area contributed by atoms with E-state index in [4.69, 9.17) is 4.98 Å². The molecule has 34 heavy (non-hydrogen) atoms. The first-order valence-corrected chi connectivity index (χ1v) is 13.1. The molecule has 0 bridgehead atoms. The van der Waals surface area contributed by atoms with Crippen molar-refractivity contribution in [1.29, 1.82) is 0 Å². The molecular weight excluding hydrogens is 450 g/mol. The number of nitrogens with zero attached hydrogens (tertiary/aromatic N) is 4. The molecule has 1 fully saturated rings. The lowest BCUT2D eigenvalue weighted by Crippen LogP contribution is -2.41. The van der Waals surface area contributed by atoms with E-state index in [9.17, 15) is 14.4 Å². The summed E-state index contributed by atoms with van der Waals surface area (Å²) in [5.41, 5.74) is 2.86. The zero-order valence-corrected chi connectivity index (χ0v) is 20.6. The van der Waals surface area contributed by atoms with Crippen LogP contribution >= 0.6 is 11.3 Å². The predicted octanol–water partition coefficient (Wildman–Crippen LogP) is 3.39. The maximum Gasteiger partial charge on any atom is 0.333 e. The minimum Gasteiger partial charge on any atom is -0.348 e. The van der Waals surface area contributed by atoms with E-state index in [0.29, 0.717) is 29.2 Å². The molecule has 0 spiro atoms. The fourth-order valence-corrected chi connectivity index (χ4v) is 6.03. The summed E-state index contributed by atoms with van der Waals surface area (Å²) in [6.45, 7) is 6.07. The van der Waals surface area contributed by atoms with E-state index in [1.807, 2.05) is 19.1 Å². The van der Waals surface area contributed by atoms with Gasteiger partial charge in [-0.05, 0) is 67.7 Å². The number of aromatic nitrogens is 3. The molecule has 1 amide bonds. The monoisotopic (exact) mass is 481 g/mol. The average Bonchev–Trinajstić information content (AvgIpc) is 3.47. The van der Waals surface area contributed by atoms with Crippen LogP contribution in [0.2, 0.25) is 0 Å². The van der Waals surface area contributed by atoms with E-state index < -0.39 is 5.69 Å². The Morgan fingerprint density at radius 1 is 1.15 bits per heavy atom. The Hall–Kier alpha value is -2.94. The van der Waals surface area contributed by atoms with Crippen molar-refractivity contribution in [2.75, 3.05) is 23.3 Å². The molecule has 0 atom stereocenters. The molecule has 3 heterocycles. The number of nitrogens with one attached hydrogen (secondary N) is 1. The largest absolute Gasteiger partial charge is 0.348 e. The number of piperidine rings is 1. The Morgan fingerprint density at radius 2 is 1.91 bits per heavy atom. The highest BCUT2D eigenvalue weighted by Gasteiger charge is 2.24. The molecule has 0 radical (unpaired) electrons. The molecule has 0 unspecified atom stereocenters. The summed E-state index contributed by atoms with van der Waals surface area (Å²) in [5.74, 6) is 0.373. The standard InChI is InChI=1S/C25H31N5O3S/c1-3-11-29-23(32)21-22(27-24(34-21)28-12-9-16(2)10-13-28)30(25(29)33)15-20(31)26-19-8-7-17-5-4-6-18(17)14-19/h7-8,14,16H,3-6,9-13,15H2,1-2H3,(H,26,31). The van der Waals surface area contributed by atoms with Crippen molar-refractivity contribution >= 4 is 38.4 Å². The van der Waals surface area contributed by atoms with Gasteiger partial charge in [0.25, 0.3) is 5.56 Å². The molecule has 1 aliphatic heterocycles. The number of aryl methyl sites for hydroxylation is 2. The second-order valence-corrected chi connectivity index (χ2v) is 10.5. The number of carbonyl (C=O) groups excluding carboxylic acids is 1. The molecular formula is C25H31N5O3S. The summed E-state index contributed by atoms with van der Waals surface area (Å²) >= 11 is 1.33. The summed E-state index contributed by atoms with van der Waals surface area (Å²) in [6.07, 6.45) is 6.05. The van der Waals surface area contributed by atoms with Gasteiger partial charge in [0.15, 0.2) is 10.8 Å². The van der Waals surface area contributed by atoms with Gasteiger partial charge < -0.3 is 10.2 Å². The van der Waals surface area contributed by atoms with Crippen LogP contribution in [0.25, 0.3) is 10.3 Å². The molecule has 1 N–H and O–H groups in total. The van der Waals surface area contributed by atoms with E-state index in [1.165, 1.54) is 31.6 Å². The van der Waals surface area contributed by atoms with Gasteiger partial charge in [-0.2, -0.15) is 0 Å². The average molecular weight is 482 g/mol. The number of hydrogen-bond acceptors (Lipinski definition) is 6. The number of thiazole rings is 1. The second-order valence-electron chi connectivity index (χ2n) is 9.53. The molecule has 1 aliphatic carbocycles. The number of amides is 1. The van der Waals surface area contributed by atoms with Crippen molar-refractivity contribution in [3.63, 3.8) is 0 Å². The van der Waals surface area contributed by atoms with Crippen LogP contribution in [0.3, 0.4) is 0 Å². The van der Waals surface area contributed by atoms with Gasteiger partial charge in [0.05, 0.1) is 0 Å². The van der Waals surface area contributed by atoms with Crippen molar-refractivity contribution in [3.8, 4) is 0 Å². The zero-order chi connectivity index (χ0) is 23.8. The van der Waals surface area contributed by atoms with Crippen molar-refractivity contribution in [2.24, 2.45) is 5.92 Å². The highest BCUT2D eigenvalue weighted by Crippen LogP contribution is 2.30. The summed E-state index contributed by atoms with van der Waals surface area (Å²) < 4.78 is 3.04. The van der Waals surface area contributed by atoms with Crippen molar-refractivity contribution in [1.82, 2.24) is 14.1 Å². The highest BCUT2D eigenvalue weighted by molar-refractivity contribution is 7.22. The number of carbonyl (C=O) groups is 1. The summed E-state index contributed by atoms with van der Waals surface area (Å²) in [4.78, 5) is 46.3. The SMILES string of the molecule is CCCn1c(=O)c2sc(N3CCC(C)CC3)nc2n(CC(=O)Nc2ccc3c(c2)CCC3)c1=O. The fraction of sp³-hybridized carbons (Fsp3) is 0.520. The Balaban J connectivity index is 1.48. The predicted molar refractivity (Wildman–Crippen MR) is 136 cm³/mol. The zero-order valence-electron chi connectivity index (χ0n) is 19.8. The molecule has 1 aromatic carbocycles. The van der Waals surface area contributed by atoms with Crippen molar-refractivity contribution in [2.45, 2.75) is 65.5 Å². The van der Waals surface area contributed by atoms with Gasteiger partial charge in [-0.15, -0.1) is 0 Å². The Kier molecular flexibility index (Phi) is 6.29. The Bertz CT molecular complexity index is 1350. The van der Waals surface area contributed by atoms with Crippen LogP contribution in [-0.2, 0) is 30.7 Å². The van der Waals surface area contributed by atoms with E-state index >= 15 is 0 Å². The number of hydrogen-bond donors (Lipinski definition) is 1. The molecule has 8 nitrogen and oxygen atoms in total. The lowest BCUT2D eigenvalue weighted by Gasteiger charge is -2.29. The van der Waals surface area contributed by atoms with Crippen molar-refractivity contribution in [3.05, 3.63) is 50.2 Å². The maximum atomic E-state index is 13.3. The van der Waals surface area contributed by atoms with Crippen LogP contribution < -0.4 is 21.5 Å². The molecule has 5 rings (SSSR count). The van der Waals surface area contributed by atoms with Crippen LogP contribution in [0, 0.1) is 5.92 Å². The third-order valence-corrected chi connectivity index (χ3v) is 8.03. The Morgan fingerprint density at radius 3 is 2.68 bits per heavy atom. The first-order valence-electron chi connectivity index (χ1n) is 12.3. The fourth-order valence-electron chi connectivity index (χ4n) is 4.96. The van der Waals surface area contributed by atoms with Gasteiger partial charge in [0.1, 0.15) is 11.2 Å². The van der Waals surface area contributed by atoms with Crippen LogP contribution in [0.4, 0.5) is 10.8 Å². The molecule has 2 aliphatic rings. The van der Waals surface area contributed by atoms with Gasteiger partial charge in [-0.1, -0.05) is 31.3 Å². The quantitative estimate of drug-likeness (QED) is 0.583. The van der Waals surface area contributed by atoms with E-state index in [2.05, 4.69) is 23.2 Å². The molecule has 2 aromatic heterocycles. The first-order chi connectivity index (χ1) is 16.4. The third kappa shape index (κ3) is 4.29. The normalized spacial score (nSPS) is 16.2. The Labute approximate surface area is 202 Å². The van der Waals surface area contributed by atoms with E-state index in [1.54, 1.807) is 0 Å². The third-order valence-electron chi connectivity index (χ3n) is 6.94. The molecule has 1 saturated heterocycles. The van der Waals surface area contributed by atoms with Crippen LogP contribution in [0.1, 0.15) is 50.7 Å². The van der Waals surface area contributed by atoms with Gasteiger partial charge in [0.2, 0.25) is 5.91 Å². The summed E-state index contributed by atoms with van der Waals surface area (Å²) in [7, 11) is 0. The van der Waals surface area contributed by atoms with Crippen LogP contribution in [-0.4, -0.2) is 33.1 Å². The number of rotatable bonds is 6. The molecule has 180 valence electrons. The van der Waals surface area contributed by atoms with E-state index in [-0.39, 0.29) is 18.0 Å². The van der Waals surface area contributed by atoms with Crippen LogP contribution in [0.15, 0.2) is 27.8 Å². The number of benzene rings is 1. The maximum absolute atomic E-state index is 13.3. The van der Waals surface area contributed by atoms with Gasteiger partial charge in [0, 0.05) is 25.3 Å². The minimum absolute atomic E-state index is 0.184. The second kappa shape index (κ2) is 9.37. The summed E-state index contributed by atoms with van der Waals surface area (Å²) in [5, 5.41) is 3.68. The van der Waals surface area contributed by atoms with Crippen molar-refractivity contribution < 1.29 is 4.79 Å². The molecule has 9 heteroatoms. The smallest absolute Gasteiger partial charge is 0.333 e. The number of anilines is 2. The molecule has 3 aromatic rings. The number of fused-ring (bicyclic) bond motifs is 2. The topological polar surface area (TPSA) is 89.2 Å². The molecule has 0 saturated carbocycles. The lowest BCUT2D eigenvalue weighted by atomic mass is 10.00. The van der Waals surface area contributed by atoms with Gasteiger partial charge in [-0.3, -0.25) is 18.7 Å². The lowest BCUT2D eigenvalue weighted by molar-refractivity contribution is -0.116. The summed E-state index contributed by atoms with van der Waals surface area (Å²) in [6, 6.07) is 6.00. The minimum atomic E-state index is -0.479. The first kappa shape index (κ1) is 22.8.